The van der Waals surface area contributed by atoms with Crippen LogP contribution in [0.3, 0.4) is 0 Å². The molecule has 0 fully saturated rings. The molecule has 0 amide bonds. The molecule has 6 heteroatoms. The summed E-state index contributed by atoms with van der Waals surface area (Å²) in [5.41, 5.74) is 2.92. The number of rotatable bonds is 4. The number of hydrogen-bond donors (Lipinski definition) is 2. The van der Waals surface area contributed by atoms with Crippen molar-refractivity contribution in [2.24, 2.45) is 0 Å². The molecule has 0 spiro atoms. The van der Waals surface area contributed by atoms with Crippen LogP contribution in [0.25, 0.3) is 10.9 Å². The van der Waals surface area contributed by atoms with Crippen molar-refractivity contribution < 1.29 is 9.52 Å². The largest absolute Gasteiger partial charge is 0.505 e. The molecule has 26 heavy (non-hydrogen) atoms. The first kappa shape index (κ1) is 16.1. The number of phenolic OH excluding ortho intramolecular Hbond substituents is 1. The van der Waals surface area contributed by atoms with Crippen molar-refractivity contribution in [2.75, 3.05) is 5.32 Å². The van der Waals surface area contributed by atoms with E-state index in [1.807, 2.05) is 56.3 Å². The highest BCUT2D eigenvalue weighted by Gasteiger charge is 2.23. The number of aryl methyl sites for hydroxylation is 2. The molecule has 0 saturated heterocycles. The Morgan fingerprint density at radius 3 is 2.58 bits per heavy atom. The van der Waals surface area contributed by atoms with Gasteiger partial charge in [0.05, 0.1) is 6.26 Å². The van der Waals surface area contributed by atoms with Crippen molar-refractivity contribution in [1.82, 2.24) is 15.0 Å². The molecule has 4 rings (SSSR count). The summed E-state index contributed by atoms with van der Waals surface area (Å²) in [5.74, 6) is 1.24. The smallest absolute Gasteiger partial charge is 0.223 e. The van der Waals surface area contributed by atoms with Crippen LogP contribution in [0.2, 0.25) is 0 Å². The topological polar surface area (TPSA) is 84.1 Å². The first-order valence-electron chi connectivity index (χ1n) is 8.30. The van der Waals surface area contributed by atoms with Gasteiger partial charge in [-0.1, -0.05) is 18.2 Å². The lowest BCUT2D eigenvalue weighted by atomic mass is 10.0. The zero-order valence-electron chi connectivity index (χ0n) is 14.5. The lowest BCUT2D eigenvalue weighted by Crippen LogP contribution is -2.15. The van der Waals surface area contributed by atoms with E-state index in [-0.39, 0.29) is 5.75 Å². The molecule has 0 radical (unpaired) electrons. The number of fused-ring (bicyclic) bond motifs is 1. The van der Waals surface area contributed by atoms with E-state index in [1.165, 1.54) is 0 Å². The fourth-order valence-electron chi connectivity index (χ4n) is 3.06. The van der Waals surface area contributed by atoms with Gasteiger partial charge in [0.2, 0.25) is 5.95 Å². The van der Waals surface area contributed by atoms with E-state index >= 15 is 0 Å². The maximum absolute atomic E-state index is 10.8. The van der Waals surface area contributed by atoms with Gasteiger partial charge in [0.1, 0.15) is 23.1 Å². The highest BCUT2D eigenvalue weighted by atomic mass is 16.3. The van der Waals surface area contributed by atoms with Gasteiger partial charge in [0.25, 0.3) is 0 Å². The van der Waals surface area contributed by atoms with Gasteiger partial charge < -0.3 is 14.8 Å². The number of hydrogen-bond acceptors (Lipinski definition) is 6. The molecule has 4 aromatic rings. The van der Waals surface area contributed by atoms with Crippen LogP contribution in [0.15, 0.2) is 59.3 Å². The summed E-state index contributed by atoms with van der Waals surface area (Å²) in [4.78, 5) is 13.2. The van der Waals surface area contributed by atoms with Crippen LogP contribution in [0.5, 0.6) is 5.75 Å². The molecule has 0 bridgehead atoms. The third-order valence-electron chi connectivity index (χ3n) is 4.17. The SMILES string of the molecule is Cc1cc(C)nc(N[C@@H](c2ccco2)c2ccc3cccnc3c2O)n1. The van der Waals surface area contributed by atoms with Gasteiger partial charge in [0, 0.05) is 28.5 Å². The van der Waals surface area contributed by atoms with E-state index in [0.717, 1.165) is 16.8 Å². The Morgan fingerprint density at radius 1 is 1.04 bits per heavy atom. The van der Waals surface area contributed by atoms with Crippen molar-refractivity contribution in [2.45, 2.75) is 19.9 Å². The third-order valence-corrected chi connectivity index (χ3v) is 4.17. The molecule has 0 saturated carbocycles. The molecule has 3 heterocycles. The molecule has 130 valence electrons. The minimum absolute atomic E-state index is 0.112. The van der Waals surface area contributed by atoms with Gasteiger partial charge in [-0.05, 0) is 38.1 Å². The lowest BCUT2D eigenvalue weighted by Gasteiger charge is -2.19. The van der Waals surface area contributed by atoms with Crippen LogP contribution in [-0.4, -0.2) is 20.1 Å². The number of nitrogens with zero attached hydrogens (tertiary/aromatic N) is 3. The summed E-state index contributed by atoms with van der Waals surface area (Å²) in [5, 5.41) is 15.0. The van der Waals surface area contributed by atoms with Crippen molar-refractivity contribution in [3.8, 4) is 5.75 Å². The number of phenols is 1. The zero-order valence-corrected chi connectivity index (χ0v) is 14.5. The summed E-state index contributed by atoms with van der Waals surface area (Å²) in [6.45, 7) is 3.83. The number of furan rings is 1. The average molecular weight is 346 g/mol. The Morgan fingerprint density at radius 2 is 1.85 bits per heavy atom. The van der Waals surface area contributed by atoms with E-state index in [2.05, 4.69) is 20.3 Å². The van der Waals surface area contributed by atoms with Crippen LogP contribution < -0.4 is 5.32 Å². The van der Waals surface area contributed by atoms with Crippen molar-refractivity contribution in [3.05, 3.63) is 77.6 Å². The van der Waals surface area contributed by atoms with Gasteiger partial charge in [-0.25, -0.2) is 9.97 Å². The Hall–Kier alpha value is -3.41. The lowest BCUT2D eigenvalue weighted by molar-refractivity contribution is 0.458. The van der Waals surface area contributed by atoms with Crippen molar-refractivity contribution in [1.29, 1.82) is 0 Å². The zero-order chi connectivity index (χ0) is 18.1. The van der Waals surface area contributed by atoms with Gasteiger partial charge in [-0.2, -0.15) is 0 Å². The highest BCUT2D eigenvalue weighted by molar-refractivity contribution is 5.85. The molecule has 0 aliphatic carbocycles. The molecular weight excluding hydrogens is 328 g/mol. The standard InChI is InChI=1S/C20H18N4O2/c1-12-11-13(2)23-20(22-12)24-18(16-6-4-10-26-16)15-8-7-14-5-3-9-21-17(14)19(15)25/h3-11,18,25H,1-2H3,(H,22,23,24)/t18-/m1/s1. The summed E-state index contributed by atoms with van der Waals surface area (Å²) in [6, 6.07) is 12.7. The predicted molar refractivity (Wildman–Crippen MR) is 99.1 cm³/mol. The molecule has 2 N–H and O–H groups in total. The first-order chi connectivity index (χ1) is 12.6. The average Bonchev–Trinajstić information content (AvgIpc) is 3.14. The van der Waals surface area contributed by atoms with E-state index in [4.69, 9.17) is 4.42 Å². The number of aromatic hydroxyl groups is 1. The molecule has 6 nitrogen and oxygen atoms in total. The molecule has 1 atom stereocenters. The molecular formula is C20H18N4O2. The fourth-order valence-corrected chi connectivity index (χ4v) is 3.06. The van der Waals surface area contributed by atoms with E-state index in [1.54, 1.807) is 12.5 Å². The predicted octanol–water partition coefficient (Wildman–Crippen LogP) is 4.14. The number of pyridine rings is 1. The summed E-state index contributed by atoms with van der Waals surface area (Å²) < 4.78 is 5.60. The second-order valence-corrected chi connectivity index (χ2v) is 6.15. The van der Waals surface area contributed by atoms with Gasteiger partial charge in [0.15, 0.2) is 0 Å². The van der Waals surface area contributed by atoms with Crippen LogP contribution >= 0.6 is 0 Å². The third kappa shape index (κ3) is 2.97. The van der Waals surface area contributed by atoms with E-state index < -0.39 is 6.04 Å². The Labute approximate surface area is 150 Å². The Kier molecular flexibility index (Phi) is 4.01. The van der Waals surface area contributed by atoms with Crippen molar-refractivity contribution in [3.63, 3.8) is 0 Å². The maximum atomic E-state index is 10.8. The second kappa shape index (κ2) is 6.48. The monoisotopic (exact) mass is 346 g/mol. The second-order valence-electron chi connectivity index (χ2n) is 6.15. The van der Waals surface area contributed by atoms with E-state index in [9.17, 15) is 5.11 Å². The molecule has 3 aromatic heterocycles. The molecule has 1 aromatic carbocycles. The minimum Gasteiger partial charge on any atom is -0.505 e. The summed E-state index contributed by atoms with van der Waals surface area (Å²) in [7, 11) is 0. The Balaban J connectivity index is 1.83. The van der Waals surface area contributed by atoms with Crippen LogP contribution in [0, 0.1) is 13.8 Å². The molecule has 0 unspecified atom stereocenters. The quantitative estimate of drug-likeness (QED) is 0.578. The fraction of sp³-hybridized carbons (Fsp3) is 0.150. The highest BCUT2D eigenvalue weighted by Crippen LogP contribution is 2.36. The minimum atomic E-state index is -0.447. The first-order valence-corrected chi connectivity index (χ1v) is 8.30. The van der Waals surface area contributed by atoms with Crippen LogP contribution in [-0.2, 0) is 0 Å². The number of anilines is 1. The van der Waals surface area contributed by atoms with E-state index in [0.29, 0.717) is 22.8 Å². The van der Waals surface area contributed by atoms with Gasteiger partial charge >= 0.3 is 0 Å². The normalized spacial score (nSPS) is 12.2. The van der Waals surface area contributed by atoms with Crippen LogP contribution in [0.1, 0.15) is 28.8 Å². The maximum Gasteiger partial charge on any atom is 0.223 e. The van der Waals surface area contributed by atoms with Crippen molar-refractivity contribution >= 4 is 16.9 Å². The summed E-state index contributed by atoms with van der Waals surface area (Å²) in [6.07, 6.45) is 3.26. The number of nitrogens with one attached hydrogen (secondary N) is 1. The summed E-state index contributed by atoms with van der Waals surface area (Å²) >= 11 is 0. The Bertz CT molecular complexity index is 1040. The molecule has 0 aliphatic rings. The number of benzene rings is 1. The van der Waals surface area contributed by atoms with Gasteiger partial charge in [-0.15, -0.1) is 0 Å². The van der Waals surface area contributed by atoms with Gasteiger partial charge in [-0.3, -0.25) is 4.98 Å². The number of aromatic nitrogens is 3. The van der Waals surface area contributed by atoms with Crippen LogP contribution in [0.4, 0.5) is 5.95 Å². The molecule has 0 aliphatic heterocycles.